The Morgan fingerprint density at radius 3 is 2.52 bits per heavy atom. The maximum Gasteiger partial charge on any atom is 0.191 e. The molecule has 0 saturated carbocycles. The van der Waals surface area contributed by atoms with Crippen molar-refractivity contribution in [3.8, 4) is 0 Å². The summed E-state index contributed by atoms with van der Waals surface area (Å²) in [7, 11) is 0. The summed E-state index contributed by atoms with van der Waals surface area (Å²) >= 11 is 0. The molecule has 1 aromatic carbocycles. The molecule has 2 aliphatic rings. The summed E-state index contributed by atoms with van der Waals surface area (Å²) in [6, 6.07) is 7.01. The molecule has 6 nitrogen and oxygen atoms in total. The number of benzene rings is 1. The molecule has 2 heterocycles. The maximum absolute atomic E-state index is 13.9. The Balaban J connectivity index is 1.36. The number of anilines is 1. The first-order valence-corrected chi connectivity index (χ1v) is 9.08. The fourth-order valence-corrected chi connectivity index (χ4v) is 3.30. The van der Waals surface area contributed by atoms with Crippen molar-refractivity contribution in [1.29, 1.82) is 0 Å². The van der Waals surface area contributed by atoms with Gasteiger partial charge in [-0.3, -0.25) is 9.89 Å². The third kappa shape index (κ3) is 5.06. The number of aliphatic imine (C=N–C) groups is 1. The molecule has 3 rings (SSSR count). The third-order valence-corrected chi connectivity index (χ3v) is 4.81. The number of rotatable bonds is 5. The predicted octanol–water partition coefficient (Wildman–Crippen LogP) is 0.985. The summed E-state index contributed by atoms with van der Waals surface area (Å²) in [5.74, 6) is 0.497. The number of nitrogens with two attached hydrogens (primary N) is 1. The van der Waals surface area contributed by atoms with Crippen LogP contribution >= 0.6 is 0 Å². The van der Waals surface area contributed by atoms with Gasteiger partial charge in [-0.25, -0.2) is 4.39 Å². The fraction of sp³-hybridized carbons (Fsp3) is 0.611. The van der Waals surface area contributed by atoms with Gasteiger partial charge in [-0.1, -0.05) is 12.1 Å². The van der Waals surface area contributed by atoms with Gasteiger partial charge in [0.1, 0.15) is 5.82 Å². The summed E-state index contributed by atoms with van der Waals surface area (Å²) < 4.78 is 19.2. The second-order valence-electron chi connectivity index (χ2n) is 6.47. The molecule has 2 aliphatic heterocycles. The summed E-state index contributed by atoms with van der Waals surface area (Å²) in [4.78, 5) is 11.1. The Morgan fingerprint density at radius 2 is 1.80 bits per heavy atom. The summed E-state index contributed by atoms with van der Waals surface area (Å²) in [5, 5.41) is 0. The van der Waals surface area contributed by atoms with Crippen LogP contribution in [0.15, 0.2) is 29.3 Å². The van der Waals surface area contributed by atoms with Crippen molar-refractivity contribution in [2.45, 2.75) is 6.42 Å². The smallest absolute Gasteiger partial charge is 0.191 e. The molecule has 1 aromatic rings. The van der Waals surface area contributed by atoms with E-state index in [-0.39, 0.29) is 5.82 Å². The van der Waals surface area contributed by atoms with Crippen LogP contribution in [0.5, 0.6) is 0 Å². The molecule has 0 unspecified atom stereocenters. The highest BCUT2D eigenvalue weighted by molar-refractivity contribution is 5.78. The largest absolute Gasteiger partial charge is 0.378 e. The van der Waals surface area contributed by atoms with Crippen molar-refractivity contribution in [3.05, 3.63) is 30.1 Å². The lowest BCUT2D eigenvalue weighted by molar-refractivity contribution is 0.0674. The van der Waals surface area contributed by atoms with E-state index in [1.54, 1.807) is 6.07 Å². The molecule has 2 N–H and O–H groups in total. The van der Waals surface area contributed by atoms with Crippen molar-refractivity contribution in [2.24, 2.45) is 10.7 Å². The lowest BCUT2D eigenvalue weighted by Gasteiger charge is -2.36. The Morgan fingerprint density at radius 1 is 1.08 bits per heavy atom. The molecule has 25 heavy (non-hydrogen) atoms. The lowest BCUT2D eigenvalue weighted by atomic mass is 10.2. The van der Waals surface area contributed by atoms with Gasteiger partial charge in [-0.15, -0.1) is 0 Å². The van der Waals surface area contributed by atoms with E-state index in [1.165, 1.54) is 6.07 Å². The first kappa shape index (κ1) is 17.9. The first-order chi connectivity index (χ1) is 12.2. The molecule has 0 radical (unpaired) electrons. The minimum atomic E-state index is -0.135. The van der Waals surface area contributed by atoms with Crippen molar-refractivity contribution in [2.75, 3.05) is 70.5 Å². The summed E-state index contributed by atoms with van der Waals surface area (Å²) in [6.07, 6.45) is 0.991. The molecule has 0 amide bonds. The maximum atomic E-state index is 13.9. The highest BCUT2D eigenvalue weighted by atomic mass is 19.1. The number of ether oxygens (including phenoxy) is 1. The molecular weight excluding hydrogens is 321 g/mol. The Kier molecular flexibility index (Phi) is 6.47. The van der Waals surface area contributed by atoms with Crippen molar-refractivity contribution < 1.29 is 9.13 Å². The average molecular weight is 349 g/mol. The van der Waals surface area contributed by atoms with E-state index in [1.807, 2.05) is 12.1 Å². The Bertz CT molecular complexity index is 568. The van der Waals surface area contributed by atoms with Crippen LogP contribution in [0.3, 0.4) is 0 Å². The van der Waals surface area contributed by atoms with Gasteiger partial charge >= 0.3 is 0 Å². The molecule has 0 aromatic heterocycles. The zero-order valence-electron chi connectivity index (χ0n) is 14.7. The van der Waals surface area contributed by atoms with Crippen LogP contribution in [0.2, 0.25) is 0 Å². The van der Waals surface area contributed by atoms with E-state index >= 15 is 0 Å². The van der Waals surface area contributed by atoms with E-state index in [9.17, 15) is 4.39 Å². The minimum Gasteiger partial charge on any atom is -0.378 e. The van der Waals surface area contributed by atoms with E-state index in [0.29, 0.717) is 11.6 Å². The van der Waals surface area contributed by atoms with E-state index < -0.39 is 0 Å². The second kappa shape index (κ2) is 9.01. The zero-order chi connectivity index (χ0) is 17.5. The quantitative estimate of drug-likeness (QED) is 0.488. The number of nitrogens with zero attached hydrogens (tertiary/aromatic N) is 4. The molecular formula is C18H28FN5O. The number of halogens is 1. The molecule has 0 bridgehead atoms. The SMILES string of the molecule is NC(=NCCCN1CCN(c2ccccc2F)CC1)N1CCOCC1. The number of hydrogen-bond acceptors (Lipinski definition) is 4. The van der Waals surface area contributed by atoms with Crippen LogP contribution in [-0.4, -0.2) is 81.3 Å². The van der Waals surface area contributed by atoms with Gasteiger partial charge in [-0.2, -0.15) is 0 Å². The molecule has 2 saturated heterocycles. The minimum absolute atomic E-state index is 0.135. The number of morpholine rings is 1. The van der Waals surface area contributed by atoms with Crippen LogP contribution < -0.4 is 10.6 Å². The van der Waals surface area contributed by atoms with E-state index in [0.717, 1.165) is 72.0 Å². The summed E-state index contributed by atoms with van der Waals surface area (Å²) in [5.41, 5.74) is 6.74. The van der Waals surface area contributed by atoms with E-state index in [4.69, 9.17) is 10.5 Å². The van der Waals surface area contributed by atoms with E-state index in [2.05, 4.69) is 19.7 Å². The topological polar surface area (TPSA) is 57.3 Å². The number of piperazine rings is 1. The van der Waals surface area contributed by atoms with Crippen molar-refractivity contribution in [1.82, 2.24) is 9.80 Å². The molecule has 138 valence electrons. The van der Waals surface area contributed by atoms with Crippen LogP contribution in [0.1, 0.15) is 6.42 Å². The first-order valence-electron chi connectivity index (χ1n) is 9.08. The molecule has 7 heteroatoms. The van der Waals surface area contributed by atoms with Crippen LogP contribution in [0, 0.1) is 5.82 Å². The van der Waals surface area contributed by atoms with Gasteiger partial charge in [0, 0.05) is 52.4 Å². The van der Waals surface area contributed by atoms with Gasteiger partial charge in [0.2, 0.25) is 0 Å². The van der Waals surface area contributed by atoms with Gasteiger partial charge < -0.3 is 20.3 Å². The van der Waals surface area contributed by atoms with Crippen LogP contribution in [0.4, 0.5) is 10.1 Å². The average Bonchev–Trinajstić information content (AvgIpc) is 2.67. The number of para-hydroxylation sites is 1. The Hall–Kier alpha value is -1.86. The molecule has 0 aliphatic carbocycles. The van der Waals surface area contributed by atoms with Crippen LogP contribution in [0.25, 0.3) is 0 Å². The van der Waals surface area contributed by atoms with Gasteiger partial charge in [0.05, 0.1) is 18.9 Å². The lowest BCUT2D eigenvalue weighted by Crippen LogP contribution is -2.47. The monoisotopic (exact) mass is 349 g/mol. The van der Waals surface area contributed by atoms with Crippen molar-refractivity contribution in [3.63, 3.8) is 0 Å². The van der Waals surface area contributed by atoms with Gasteiger partial charge in [0.25, 0.3) is 0 Å². The Labute approximate surface area is 149 Å². The zero-order valence-corrected chi connectivity index (χ0v) is 14.7. The van der Waals surface area contributed by atoms with Gasteiger partial charge in [0.15, 0.2) is 5.96 Å². The number of hydrogen-bond donors (Lipinski definition) is 1. The van der Waals surface area contributed by atoms with Crippen LogP contribution in [-0.2, 0) is 4.74 Å². The van der Waals surface area contributed by atoms with Gasteiger partial charge in [-0.05, 0) is 18.6 Å². The number of guanidine groups is 1. The molecule has 2 fully saturated rings. The highest BCUT2D eigenvalue weighted by Crippen LogP contribution is 2.20. The van der Waals surface area contributed by atoms with Crippen molar-refractivity contribution >= 4 is 11.6 Å². The second-order valence-corrected chi connectivity index (χ2v) is 6.47. The summed E-state index contributed by atoms with van der Waals surface area (Å²) in [6.45, 7) is 8.49. The normalized spacial score (nSPS) is 20.1. The third-order valence-electron chi connectivity index (χ3n) is 4.81. The predicted molar refractivity (Wildman–Crippen MR) is 98.6 cm³/mol. The molecule has 0 spiro atoms. The standard InChI is InChI=1S/C18H28FN5O/c19-16-4-1-2-5-17(16)23-10-8-22(9-11-23)7-3-6-21-18(20)24-12-14-25-15-13-24/h1-2,4-5H,3,6-15H2,(H2,20,21). The molecule has 0 atom stereocenters. The fourth-order valence-electron chi connectivity index (χ4n) is 3.30. The highest BCUT2D eigenvalue weighted by Gasteiger charge is 2.18.